The number of rotatable bonds is 12. The summed E-state index contributed by atoms with van der Waals surface area (Å²) < 4.78 is 22.2. The lowest BCUT2D eigenvalue weighted by Crippen LogP contribution is -2.28. The second-order valence-electron chi connectivity index (χ2n) is 14.3. The molecule has 8 aromatic carbocycles. The highest BCUT2D eigenvalue weighted by Crippen LogP contribution is 2.57. The first kappa shape index (κ1) is 35.9. The first-order valence-corrected chi connectivity index (χ1v) is 19.2. The molecule has 0 aliphatic heterocycles. The monoisotopic (exact) mass is 742 g/mol. The molecule has 278 valence electrons. The van der Waals surface area contributed by atoms with Crippen LogP contribution in [0.2, 0.25) is 0 Å². The fraction of sp³-hybridized carbons (Fsp3) is 0.0943. The molecule has 4 nitrogen and oxygen atoms in total. The van der Waals surface area contributed by atoms with Gasteiger partial charge in [0.05, 0.1) is 5.41 Å². The molecular formula is C53H42O4. The molecule has 9 rings (SSSR count). The summed E-state index contributed by atoms with van der Waals surface area (Å²) in [6.45, 7) is 0.357. The highest BCUT2D eigenvalue weighted by molar-refractivity contribution is 5.90. The van der Waals surface area contributed by atoms with Crippen LogP contribution in [0.1, 0.15) is 22.3 Å². The van der Waals surface area contributed by atoms with Gasteiger partial charge in [0.15, 0.2) is 13.6 Å². The van der Waals surface area contributed by atoms with E-state index in [2.05, 4.69) is 170 Å². The molecule has 0 spiro atoms. The van der Waals surface area contributed by atoms with Crippen LogP contribution in [0, 0.1) is 0 Å². The second-order valence-corrected chi connectivity index (χ2v) is 14.3. The van der Waals surface area contributed by atoms with E-state index >= 15 is 0 Å². The predicted molar refractivity (Wildman–Crippen MR) is 230 cm³/mol. The van der Waals surface area contributed by atoms with E-state index < -0.39 is 5.41 Å². The van der Waals surface area contributed by atoms with Crippen LogP contribution < -0.4 is 9.47 Å². The second kappa shape index (κ2) is 15.8. The quantitative estimate of drug-likeness (QED) is 0.117. The SMILES string of the molecule is COCOc1ccc(C2(c3ccc(OCOC)cc3)c3cc(-c4ccc(-c5ccccc5)cc4)ccc3-c3ccc(-c4ccc(-c5ccccc5)cc4)cc32)cc1. The number of methoxy groups -OCH3 is 2. The summed E-state index contributed by atoms with van der Waals surface area (Å²) in [5, 5.41) is 0. The predicted octanol–water partition coefficient (Wildman–Crippen LogP) is 12.7. The fourth-order valence-corrected chi connectivity index (χ4v) is 8.30. The summed E-state index contributed by atoms with van der Waals surface area (Å²) in [5.41, 5.74) is 15.9. The number of hydrogen-bond acceptors (Lipinski definition) is 4. The molecule has 0 saturated carbocycles. The van der Waals surface area contributed by atoms with E-state index in [1.54, 1.807) is 14.2 Å². The van der Waals surface area contributed by atoms with Gasteiger partial charge in [-0.3, -0.25) is 0 Å². The number of fused-ring (bicyclic) bond motifs is 3. The minimum Gasteiger partial charge on any atom is -0.468 e. The van der Waals surface area contributed by atoms with E-state index in [1.807, 2.05) is 24.3 Å². The standard InChI is InChI=1S/C53H42O4/c1-54-35-56-47-27-23-45(24-28-47)53(46-25-29-48(30-26-46)57-36-55-2)51-33-43(41-17-13-39(14-18-41)37-9-5-3-6-10-37)21-31-49(51)50-32-22-44(34-52(50)53)42-19-15-40(16-20-42)38-11-7-4-8-12-38/h3-34H,35-36H2,1-2H3. The lowest BCUT2D eigenvalue weighted by molar-refractivity contribution is 0.0509. The molecule has 1 aliphatic rings. The van der Waals surface area contributed by atoms with Crippen LogP contribution in [0.25, 0.3) is 55.6 Å². The van der Waals surface area contributed by atoms with Crippen LogP contribution >= 0.6 is 0 Å². The molecular weight excluding hydrogens is 701 g/mol. The molecule has 4 heteroatoms. The van der Waals surface area contributed by atoms with Crippen molar-refractivity contribution in [1.82, 2.24) is 0 Å². The van der Waals surface area contributed by atoms with Crippen molar-refractivity contribution in [1.29, 1.82) is 0 Å². The molecule has 0 fully saturated rings. The molecule has 0 N–H and O–H groups in total. The zero-order valence-electron chi connectivity index (χ0n) is 32.0. The van der Waals surface area contributed by atoms with Gasteiger partial charge >= 0.3 is 0 Å². The topological polar surface area (TPSA) is 36.9 Å². The third-order valence-electron chi connectivity index (χ3n) is 11.0. The van der Waals surface area contributed by atoms with E-state index in [1.165, 1.54) is 44.5 Å². The van der Waals surface area contributed by atoms with E-state index in [4.69, 9.17) is 18.9 Å². The Kier molecular flexibility index (Phi) is 9.96. The van der Waals surface area contributed by atoms with Gasteiger partial charge in [0, 0.05) is 14.2 Å². The first-order chi connectivity index (χ1) is 28.1. The van der Waals surface area contributed by atoms with Crippen LogP contribution in [-0.4, -0.2) is 27.8 Å². The summed E-state index contributed by atoms with van der Waals surface area (Å²) >= 11 is 0. The molecule has 8 aromatic rings. The highest BCUT2D eigenvalue weighted by Gasteiger charge is 2.46. The van der Waals surface area contributed by atoms with Crippen molar-refractivity contribution in [2.75, 3.05) is 27.8 Å². The number of hydrogen-bond donors (Lipinski definition) is 0. The maximum absolute atomic E-state index is 5.89. The Morgan fingerprint density at radius 3 is 1.00 bits per heavy atom. The Labute approximate surface area is 334 Å². The third kappa shape index (κ3) is 6.80. The summed E-state index contributed by atoms with van der Waals surface area (Å²) in [6.07, 6.45) is 0. The lowest BCUT2D eigenvalue weighted by atomic mass is 9.67. The van der Waals surface area contributed by atoms with Crippen molar-refractivity contribution in [3.63, 3.8) is 0 Å². The largest absolute Gasteiger partial charge is 0.468 e. The number of ether oxygens (including phenoxy) is 4. The van der Waals surface area contributed by atoms with Crippen LogP contribution in [0.4, 0.5) is 0 Å². The van der Waals surface area contributed by atoms with Gasteiger partial charge in [0.1, 0.15) is 11.5 Å². The third-order valence-corrected chi connectivity index (χ3v) is 11.0. The van der Waals surface area contributed by atoms with Gasteiger partial charge in [-0.25, -0.2) is 0 Å². The van der Waals surface area contributed by atoms with Gasteiger partial charge in [-0.1, -0.05) is 158 Å². The molecule has 1 aliphatic carbocycles. The molecule has 0 heterocycles. The molecule has 0 unspecified atom stereocenters. The van der Waals surface area contributed by atoms with Crippen LogP contribution in [0.15, 0.2) is 194 Å². The van der Waals surface area contributed by atoms with Crippen molar-refractivity contribution >= 4 is 0 Å². The van der Waals surface area contributed by atoms with Crippen molar-refractivity contribution in [3.05, 3.63) is 216 Å². The molecule has 0 saturated heterocycles. The van der Waals surface area contributed by atoms with Gasteiger partial charge in [-0.2, -0.15) is 0 Å². The first-order valence-electron chi connectivity index (χ1n) is 19.2. The molecule has 57 heavy (non-hydrogen) atoms. The summed E-state index contributed by atoms with van der Waals surface area (Å²) in [7, 11) is 3.27. The lowest BCUT2D eigenvalue weighted by Gasteiger charge is -2.34. The molecule has 0 aromatic heterocycles. The van der Waals surface area contributed by atoms with E-state index in [9.17, 15) is 0 Å². The molecule has 0 radical (unpaired) electrons. The van der Waals surface area contributed by atoms with Gasteiger partial charge in [-0.05, 0) is 114 Å². The normalized spacial score (nSPS) is 12.5. The summed E-state index contributed by atoms with van der Waals surface area (Å²) in [4.78, 5) is 0. The minimum absolute atomic E-state index is 0.179. The van der Waals surface area contributed by atoms with E-state index in [0.29, 0.717) is 0 Å². The molecule has 0 amide bonds. The minimum atomic E-state index is -0.676. The van der Waals surface area contributed by atoms with Crippen LogP contribution in [0.3, 0.4) is 0 Å². The Bertz CT molecular complexity index is 2410. The van der Waals surface area contributed by atoms with E-state index in [-0.39, 0.29) is 13.6 Å². The number of benzene rings is 8. The van der Waals surface area contributed by atoms with Gasteiger partial charge in [0.25, 0.3) is 0 Å². The Morgan fingerprint density at radius 2 is 0.649 bits per heavy atom. The molecule has 0 bridgehead atoms. The Balaban J connectivity index is 1.23. The zero-order valence-corrected chi connectivity index (χ0v) is 32.0. The van der Waals surface area contributed by atoms with Crippen molar-refractivity contribution in [3.8, 4) is 67.1 Å². The van der Waals surface area contributed by atoms with Gasteiger partial charge in [-0.15, -0.1) is 0 Å². The van der Waals surface area contributed by atoms with Gasteiger partial charge < -0.3 is 18.9 Å². The Hall–Kier alpha value is -6.72. The van der Waals surface area contributed by atoms with Gasteiger partial charge in [0.2, 0.25) is 0 Å². The average molecular weight is 743 g/mol. The van der Waals surface area contributed by atoms with Crippen LogP contribution in [-0.2, 0) is 14.9 Å². The molecule has 0 atom stereocenters. The smallest absolute Gasteiger partial charge is 0.188 e. The Morgan fingerprint density at radius 1 is 0.333 bits per heavy atom. The van der Waals surface area contributed by atoms with Crippen LogP contribution in [0.5, 0.6) is 11.5 Å². The summed E-state index contributed by atoms with van der Waals surface area (Å²) in [6, 6.07) is 69.7. The van der Waals surface area contributed by atoms with Crippen molar-refractivity contribution in [2.24, 2.45) is 0 Å². The maximum Gasteiger partial charge on any atom is 0.188 e. The maximum atomic E-state index is 5.89. The van der Waals surface area contributed by atoms with Crippen molar-refractivity contribution in [2.45, 2.75) is 5.41 Å². The summed E-state index contributed by atoms with van der Waals surface area (Å²) in [5.74, 6) is 1.49. The van der Waals surface area contributed by atoms with E-state index in [0.717, 1.165) is 44.9 Å². The average Bonchev–Trinajstić information content (AvgIpc) is 3.58. The fourth-order valence-electron chi connectivity index (χ4n) is 8.30. The zero-order chi connectivity index (χ0) is 38.6. The van der Waals surface area contributed by atoms with Crippen molar-refractivity contribution < 1.29 is 18.9 Å². The highest BCUT2D eigenvalue weighted by atomic mass is 16.7.